The van der Waals surface area contributed by atoms with Crippen molar-refractivity contribution >= 4 is 17.3 Å². The minimum absolute atomic E-state index is 0.455. The van der Waals surface area contributed by atoms with Crippen molar-refractivity contribution in [2.75, 3.05) is 23.7 Å². The predicted octanol–water partition coefficient (Wildman–Crippen LogP) is 2.30. The highest BCUT2D eigenvalue weighted by Crippen LogP contribution is 2.18. The fourth-order valence-electron chi connectivity index (χ4n) is 2.36. The Labute approximate surface area is 118 Å². The first-order valence-corrected chi connectivity index (χ1v) is 6.92. The average Bonchev–Trinajstić information content (AvgIpc) is 2.92. The summed E-state index contributed by atoms with van der Waals surface area (Å²) in [5, 5.41) is 10.1. The maximum absolute atomic E-state index is 4.27. The second-order valence-corrected chi connectivity index (χ2v) is 5.12. The summed E-state index contributed by atoms with van der Waals surface area (Å²) in [6.45, 7) is 4.13. The van der Waals surface area contributed by atoms with E-state index in [2.05, 4.69) is 45.0 Å². The lowest BCUT2D eigenvalue weighted by atomic mass is 10.2. The van der Waals surface area contributed by atoms with Crippen molar-refractivity contribution in [1.82, 2.24) is 15.3 Å². The highest BCUT2D eigenvalue weighted by atomic mass is 15.1. The molecule has 2 heterocycles. The SMILES string of the molecule is Cc1cccc(Nc2cc(NC3CCNC3)ncn2)c1. The molecule has 0 aliphatic carbocycles. The maximum atomic E-state index is 4.27. The minimum atomic E-state index is 0.455. The van der Waals surface area contributed by atoms with Crippen molar-refractivity contribution in [1.29, 1.82) is 0 Å². The largest absolute Gasteiger partial charge is 0.366 e. The van der Waals surface area contributed by atoms with Gasteiger partial charge in [0.25, 0.3) is 0 Å². The zero-order valence-corrected chi connectivity index (χ0v) is 11.6. The first-order chi connectivity index (χ1) is 9.79. The van der Waals surface area contributed by atoms with Gasteiger partial charge in [-0.1, -0.05) is 12.1 Å². The molecule has 0 radical (unpaired) electrons. The highest BCUT2D eigenvalue weighted by molar-refractivity contribution is 5.59. The molecule has 1 aromatic heterocycles. The van der Waals surface area contributed by atoms with E-state index in [-0.39, 0.29) is 0 Å². The summed E-state index contributed by atoms with van der Waals surface area (Å²) >= 11 is 0. The molecule has 1 fully saturated rings. The van der Waals surface area contributed by atoms with Crippen LogP contribution in [-0.2, 0) is 0 Å². The lowest BCUT2D eigenvalue weighted by Gasteiger charge is -2.13. The molecule has 0 amide bonds. The molecule has 3 rings (SSSR count). The van der Waals surface area contributed by atoms with Crippen LogP contribution >= 0.6 is 0 Å². The Hall–Kier alpha value is -2.14. The van der Waals surface area contributed by atoms with Crippen molar-refractivity contribution in [3.8, 4) is 0 Å². The van der Waals surface area contributed by atoms with E-state index in [1.165, 1.54) is 5.56 Å². The molecule has 1 atom stereocenters. The van der Waals surface area contributed by atoms with E-state index in [0.29, 0.717) is 6.04 Å². The van der Waals surface area contributed by atoms with Gasteiger partial charge in [-0.05, 0) is 37.6 Å². The summed E-state index contributed by atoms with van der Waals surface area (Å²) in [5.74, 6) is 1.67. The zero-order chi connectivity index (χ0) is 13.8. The van der Waals surface area contributed by atoms with Gasteiger partial charge in [-0.3, -0.25) is 0 Å². The molecule has 3 N–H and O–H groups in total. The van der Waals surface area contributed by atoms with Crippen molar-refractivity contribution in [2.45, 2.75) is 19.4 Å². The lowest BCUT2D eigenvalue weighted by molar-refractivity contribution is 0.787. The molecule has 1 unspecified atom stereocenters. The van der Waals surface area contributed by atoms with Crippen LogP contribution < -0.4 is 16.0 Å². The second-order valence-electron chi connectivity index (χ2n) is 5.12. The van der Waals surface area contributed by atoms with E-state index < -0.39 is 0 Å². The molecule has 2 aromatic rings. The first kappa shape index (κ1) is 12.9. The smallest absolute Gasteiger partial charge is 0.135 e. The lowest BCUT2D eigenvalue weighted by Crippen LogP contribution is -2.22. The van der Waals surface area contributed by atoms with E-state index in [1.54, 1.807) is 6.33 Å². The number of benzene rings is 1. The Morgan fingerprint density at radius 3 is 2.90 bits per heavy atom. The van der Waals surface area contributed by atoms with E-state index in [9.17, 15) is 0 Å². The van der Waals surface area contributed by atoms with Crippen LogP contribution in [0.15, 0.2) is 36.7 Å². The summed E-state index contributed by atoms with van der Waals surface area (Å²) in [6.07, 6.45) is 2.72. The van der Waals surface area contributed by atoms with Crippen LogP contribution in [-0.4, -0.2) is 29.1 Å². The number of nitrogens with zero attached hydrogens (tertiary/aromatic N) is 2. The maximum Gasteiger partial charge on any atom is 0.135 e. The van der Waals surface area contributed by atoms with Gasteiger partial charge in [-0.25, -0.2) is 9.97 Å². The first-order valence-electron chi connectivity index (χ1n) is 6.92. The molecule has 0 spiro atoms. The number of nitrogens with one attached hydrogen (secondary N) is 3. The topological polar surface area (TPSA) is 61.9 Å². The molecule has 0 bridgehead atoms. The quantitative estimate of drug-likeness (QED) is 0.795. The molecule has 5 nitrogen and oxygen atoms in total. The van der Waals surface area contributed by atoms with Gasteiger partial charge in [0.05, 0.1) is 0 Å². The van der Waals surface area contributed by atoms with Crippen LogP contribution in [0, 0.1) is 6.92 Å². The molecule has 1 saturated heterocycles. The van der Waals surface area contributed by atoms with Gasteiger partial charge in [0.15, 0.2) is 0 Å². The fraction of sp³-hybridized carbons (Fsp3) is 0.333. The van der Waals surface area contributed by atoms with Crippen LogP contribution in [0.25, 0.3) is 0 Å². The van der Waals surface area contributed by atoms with E-state index in [1.807, 2.05) is 18.2 Å². The summed E-state index contributed by atoms with van der Waals surface area (Å²) in [4.78, 5) is 8.53. The van der Waals surface area contributed by atoms with Gasteiger partial charge in [0, 0.05) is 24.3 Å². The Morgan fingerprint density at radius 1 is 1.20 bits per heavy atom. The van der Waals surface area contributed by atoms with Crippen LogP contribution in [0.3, 0.4) is 0 Å². The van der Waals surface area contributed by atoms with Crippen molar-refractivity contribution in [3.63, 3.8) is 0 Å². The molecule has 104 valence electrons. The standard InChI is InChI=1S/C15H19N5/c1-11-3-2-4-12(7-11)19-14-8-15(18-10-17-14)20-13-5-6-16-9-13/h2-4,7-8,10,13,16H,5-6,9H2,1H3,(H2,17,18,19,20). The highest BCUT2D eigenvalue weighted by Gasteiger charge is 2.14. The predicted molar refractivity (Wildman–Crippen MR) is 81.4 cm³/mol. The van der Waals surface area contributed by atoms with Gasteiger partial charge in [0.1, 0.15) is 18.0 Å². The summed E-state index contributed by atoms with van der Waals surface area (Å²) in [6, 6.07) is 10.6. The number of aromatic nitrogens is 2. The molecule has 1 aliphatic heterocycles. The Bertz CT molecular complexity index is 578. The normalized spacial score (nSPS) is 17.9. The van der Waals surface area contributed by atoms with Crippen LogP contribution in [0.1, 0.15) is 12.0 Å². The van der Waals surface area contributed by atoms with Gasteiger partial charge < -0.3 is 16.0 Å². The molecule has 5 heteroatoms. The number of rotatable bonds is 4. The summed E-state index contributed by atoms with van der Waals surface area (Å²) in [5.41, 5.74) is 2.26. The van der Waals surface area contributed by atoms with Crippen LogP contribution in [0.5, 0.6) is 0 Å². The van der Waals surface area contributed by atoms with E-state index in [0.717, 1.165) is 36.8 Å². The third-order valence-corrected chi connectivity index (χ3v) is 3.37. The Balaban J connectivity index is 1.70. The number of hydrogen-bond acceptors (Lipinski definition) is 5. The monoisotopic (exact) mass is 269 g/mol. The van der Waals surface area contributed by atoms with Gasteiger partial charge in [-0.2, -0.15) is 0 Å². The van der Waals surface area contributed by atoms with Gasteiger partial charge in [0.2, 0.25) is 0 Å². The third kappa shape index (κ3) is 3.24. The molecule has 1 aliphatic rings. The summed E-state index contributed by atoms with van der Waals surface area (Å²) in [7, 11) is 0. The second kappa shape index (κ2) is 5.88. The van der Waals surface area contributed by atoms with Crippen molar-refractivity contribution < 1.29 is 0 Å². The molecule has 1 aromatic carbocycles. The van der Waals surface area contributed by atoms with E-state index >= 15 is 0 Å². The van der Waals surface area contributed by atoms with Crippen molar-refractivity contribution in [3.05, 3.63) is 42.2 Å². The Morgan fingerprint density at radius 2 is 2.10 bits per heavy atom. The average molecular weight is 269 g/mol. The third-order valence-electron chi connectivity index (χ3n) is 3.37. The minimum Gasteiger partial charge on any atom is -0.366 e. The molecule has 20 heavy (non-hydrogen) atoms. The zero-order valence-electron chi connectivity index (χ0n) is 11.6. The molecular weight excluding hydrogens is 250 g/mol. The van der Waals surface area contributed by atoms with E-state index in [4.69, 9.17) is 0 Å². The summed E-state index contributed by atoms with van der Waals surface area (Å²) < 4.78 is 0. The number of anilines is 3. The number of hydrogen-bond donors (Lipinski definition) is 3. The van der Waals surface area contributed by atoms with Crippen molar-refractivity contribution in [2.24, 2.45) is 0 Å². The molecule has 0 saturated carbocycles. The van der Waals surface area contributed by atoms with Crippen LogP contribution in [0.2, 0.25) is 0 Å². The van der Waals surface area contributed by atoms with Crippen LogP contribution in [0.4, 0.5) is 17.3 Å². The van der Waals surface area contributed by atoms with Gasteiger partial charge >= 0.3 is 0 Å². The molecular formula is C15H19N5. The fourth-order valence-corrected chi connectivity index (χ4v) is 2.36. The number of aryl methyl sites for hydroxylation is 1. The Kier molecular flexibility index (Phi) is 3.78. The van der Waals surface area contributed by atoms with Gasteiger partial charge in [-0.15, -0.1) is 0 Å².